The van der Waals surface area contributed by atoms with E-state index in [9.17, 15) is 14.3 Å². The van der Waals surface area contributed by atoms with Crippen molar-refractivity contribution in [1.29, 1.82) is 0 Å². The summed E-state index contributed by atoms with van der Waals surface area (Å²) in [6, 6.07) is 4.62. The van der Waals surface area contributed by atoms with Crippen LogP contribution in [-0.2, 0) is 4.74 Å². The molecule has 0 saturated carbocycles. The minimum atomic E-state index is -0.962. The molecule has 2 rings (SSSR count). The number of aliphatic hydroxyl groups is 1. The zero-order valence-electron chi connectivity index (χ0n) is 13.7. The maximum absolute atomic E-state index is 14.0. The highest BCUT2D eigenvalue weighted by Crippen LogP contribution is 2.35. The van der Waals surface area contributed by atoms with Crippen molar-refractivity contribution in [3.05, 3.63) is 34.1 Å². The fourth-order valence-corrected chi connectivity index (χ4v) is 3.37. The molecular formula is C17H23BrFNO3. The molecule has 2 unspecified atom stereocenters. The topological polar surface area (TPSA) is 49.8 Å². The second kappa shape index (κ2) is 7.18. The van der Waals surface area contributed by atoms with Gasteiger partial charge < -0.3 is 14.7 Å². The lowest BCUT2D eigenvalue weighted by Crippen LogP contribution is -2.44. The fraction of sp³-hybridized carbons (Fsp3) is 0.588. The van der Waals surface area contributed by atoms with Crippen LogP contribution in [0.2, 0.25) is 0 Å². The molecule has 4 nitrogen and oxygen atoms in total. The summed E-state index contributed by atoms with van der Waals surface area (Å²) in [6.07, 6.45) is 0.145. The Morgan fingerprint density at radius 3 is 2.78 bits per heavy atom. The molecule has 0 spiro atoms. The molecule has 128 valence electrons. The van der Waals surface area contributed by atoms with Crippen molar-refractivity contribution >= 4 is 22.0 Å². The molecule has 1 fully saturated rings. The van der Waals surface area contributed by atoms with E-state index >= 15 is 0 Å². The molecule has 1 aliphatic rings. The number of nitrogens with zero attached hydrogens (tertiary/aromatic N) is 1. The third-order valence-corrected chi connectivity index (χ3v) is 4.54. The van der Waals surface area contributed by atoms with Crippen LogP contribution >= 0.6 is 15.9 Å². The zero-order valence-corrected chi connectivity index (χ0v) is 15.3. The van der Waals surface area contributed by atoms with Gasteiger partial charge in [-0.2, -0.15) is 0 Å². The van der Waals surface area contributed by atoms with E-state index in [1.54, 1.807) is 17.0 Å². The molecule has 1 heterocycles. The molecule has 1 aromatic carbocycles. The zero-order chi connectivity index (χ0) is 17.2. The Morgan fingerprint density at radius 1 is 1.48 bits per heavy atom. The predicted molar refractivity (Wildman–Crippen MR) is 89.6 cm³/mol. The van der Waals surface area contributed by atoms with Crippen molar-refractivity contribution < 1.29 is 19.0 Å². The van der Waals surface area contributed by atoms with E-state index < -0.39 is 17.5 Å². The number of benzene rings is 1. The smallest absolute Gasteiger partial charge is 0.410 e. The third kappa shape index (κ3) is 4.67. The van der Waals surface area contributed by atoms with E-state index in [-0.39, 0.29) is 17.6 Å². The minimum absolute atomic E-state index is 0.218. The number of halogens is 2. The van der Waals surface area contributed by atoms with Crippen molar-refractivity contribution in [2.24, 2.45) is 5.92 Å². The highest BCUT2D eigenvalue weighted by atomic mass is 79.9. The maximum Gasteiger partial charge on any atom is 0.410 e. The van der Waals surface area contributed by atoms with E-state index in [4.69, 9.17) is 4.74 Å². The van der Waals surface area contributed by atoms with Gasteiger partial charge >= 0.3 is 6.09 Å². The van der Waals surface area contributed by atoms with Crippen LogP contribution in [0.1, 0.15) is 45.3 Å². The van der Waals surface area contributed by atoms with Crippen molar-refractivity contribution in [3.63, 3.8) is 0 Å². The molecule has 6 heteroatoms. The van der Waals surface area contributed by atoms with Crippen molar-refractivity contribution in [2.75, 3.05) is 13.1 Å². The highest BCUT2D eigenvalue weighted by molar-refractivity contribution is 9.10. The van der Waals surface area contributed by atoms with Gasteiger partial charge in [-0.05, 0) is 45.7 Å². The molecule has 1 saturated heterocycles. The monoisotopic (exact) mass is 387 g/mol. The quantitative estimate of drug-likeness (QED) is 0.823. The van der Waals surface area contributed by atoms with Crippen molar-refractivity contribution in [1.82, 2.24) is 4.90 Å². The molecule has 2 atom stereocenters. The first-order valence-corrected chi connectivity index (χ1v) is 8.58. The number of amides is 1. The first-order valence-electron chi connectivity index (χ1n) is 7.79. The molecule has 1 N–H and O–H groups in total. The summed E-state index contributed by atoms with van der Waals surface area (Å²) < 4.78 is 20.0. The van der Waals surface area contributed by atoms with E-state index in [0.29, 0.717) is 17.6 Å². The first kappa shape index (κ1) is 18.2. The lowest BCUT2D eigenvalue weighted by molar-refractivity contribution is 0.00180. The van der Waals surface area contributed by atoms with Gasteiger partial charge in [0, 0.05) is 29.0 Å². The normalized spacial score (nSPS) is 20.3. The largest absolute Gasteiger partial charge is 0.444 e. The van der Waals surface area contributed by atoms with E-state index in [1.165, 1.54) is 6.07 Å². The Kier molecular flexibility index (Phi) is 5.68. The summed E-state index contributed by atoms with van der Waals surface area (Å²) in [5.41, 5.74) is -0.305. The molecule has 1 aliphatic heterocycles. The van der Waals surface area contributed by atoms with Crippen LogP contribution in [0.15, 0.2) is 22.7 Å². The number of likely N-dealkylation sites (tertiary alicyclic amines) is 1. The minimum Gasteiger partial charge on any atom is -0.444 e. The Bertz CT molecular complexity index is 553. The molecule has 1 aromatic rings. The van der Waals surface area contributed by atoms with Gasteiger partial charge in [-0.25, -0.2) is 9.18 Å². The van der Waals surface area contributed by atoms with Crippen LogP contribution < -0.4 is 0 Å². The second-order valence-electron chi connectivity index (χ2n) is 6.91. The van der Waals surface area contributed by atoms with Gasteiger partial charge in [-0.15, -0.1) is 0 Å². The van der Waals surface area contributed by atoms with Crippen LogP contribution in [0, 0.1) is 11.7 Å². The van der Waals surface area contributed by atoms with Crippen LogP contribution in [0.3, 0.4) is 0 Å². The Balaban J connectivity index is 2.10. The number of aliphatic hydroxyl groups excluding tert-OH is 1. The maximum atomic E-state index is 14.0. The number of piperidine rings is 1. The van der Waals surface area contributed by atoms with Gasteiger partial charge in [-0.1, -0.05) is 22.0 Å². The van der Waals surface area contributed by atoms with Gasteiger partial charge in [-0.3, -0.25) is 0 Å². The second-order valence-corrected chi connectivity index (χ2v) is 7.76. The lowest BCUT2D eigenvalue weighted by Gasteiger charge is -2.36. The summed E-state index contributed by atoms with van der Waals surface area (Å²) >= 11 is 3.29. The van der Waals surface area contributed by atoms with Gasteiger partial charge in [0.1, 0.15) is 11.4 Å². The van der Waals surface area contributed by atoms with Crippen molar-refractivity contribution in [3.8, 4) is 0 Å². The van der Waals surface area contributed by atoms with E-state index in [0.717, 1.165) is 12.8 Å². The number of hydrogen-bond acceptors (Lipinski definition) is 3. The Hall–Kier alpha value is -1.14. The van der Waals surface area contributed by atoms with Crippen LogP contribution in [-0.4, -0.2) is 34.8 Å². The number of hydrogen-bond donors (Lipinski definition) is 1. The summed E-state index contributed by atoms with van der Waals surface area (Å²) in [5, 5.41) is 10.6. The fourth-order valence-electron chi connectivity index (χ4n) is 2.79. The van der Waals surface area contributed by atoms with Gasteiger partial charge in [0.15, 0.2) is 0 Å². The van der Waals surface area contributed by atoms with Crippen LogP contribution in [0.25, 0.3) is 0 Å². The summed E-state index contributed by atoms with van der Waals surface area (Å²) in [6.45, 7) is 6.40. The number of rotatable bonds is 2. The molecule has 23 heavy (non-hydrogen) atoms. The molecule has 0 bridgehead atoms. The lowest BCUT2D eigenvalue weighted by atomic mass is 9.88. The number of carbonyl (C=O) groups excluding carboxylic acids is 1. The molecule has 0 aliphatic carbocycles. The number of carbonyl (C=O) groups is 1. The predicted octanol–water partition coefficient (Wildman–Crippen LogP) is 4.27. The molecule has 0 aromatic heterocycles. The van der Waals surface area contributed by atoms with Crippen LogP contribution in [0.5, 0.6) is 0 Å². The number of ether oxygens (including phenoxy) is 1. The third-order valence-electron chi connectivity index (χ3n) is 3.85. The first-order chi connectivity index (χ1) is 10.7. The van der Waals surface area contributed by atoms with Crippen LogP contribution in [0.4, 0.5) is 9.18 Å². The van der Waals surface area contributed by atoms with Gasteiger partial charge in [0.05, 0.1) is 6.10 Å². The molecule has 0 radical (unpaired) electrons. The van der Waals surface area contributed by atoms with Crippen molar-refractivity contribution in [2.45, 2.75) is 45.3 Å². The average molecular weight is 388 g/mol. The van der Waals surface area contributed by atoms with E-state index in [2.05, 4.69) is 15.9 Å². The van der Waals surface area contributed by atoms with Gasteiger partial charge in [0.25, 0.3) is 0 Å². The Morgan fingerprint density at radius 2 is 2.17 bits per heavy atom. The Labute approximate surface area is 144 Å². The highest BCUT2D eigenvalue weighted by Gasteiger charge is 2.33. The molecule has 1 amide bonds. The van der Waals surface area contributed by atoms with E-state index in [1.807, 2.05) is 20.8 Å². The summed E-state index contributed by atoms with van der Waals surface area (Å²) in [7, 11) is 0. The average Bonchev–Trinajstić information content (AvgIpc) is 2.45. The van der Waals surface area contributed by atoms with Gasteiger partial charge in [0.2, 0.25) is 0 Å². The summed E-state index contributed by atoms with van der Waals surface area (Å²) in [5.74, 6) is -0.661. The summed E-state index contributed by atoms with van der Waals surface area (Å²) in [4.78, 5) is 13.8. The standard InChI is InChI=1S/C17H23BrFNO3/c1-17(2,3)23-16(22)20-9-5-6-11(10-20)15(21)14-12(18)7-4-8-13(14)19/h4,7-8,11,15,21H,5-6,9-10H2,1-3H3. The SMILES string of the molecule is CC(C)(C)OC(=O)N1CCCC(C(O)c2c(F)cccc2Br)C1. The molecular weight excluding hydrogens is 365 g/mol.